The molecular weight excluding hydrogens is 196 g/mol. The molecular formula is C7H10O5S. The zero-order valence-electron chi connectivity index (χ0n) is 6.89. The third-order valence-corrected chi connectivity index (χ3v) is 3.60. The zero-order chi connectivity index (χ0) is 10.1. The van der Waals surface area contributed by atoms with Crippen LogP contribution in [0, 0.1) is 5.92 Å². The highest BCUT2D eigenvalue weighted by Gasteiger charge is 2.32. The molecule has 13 heavy (non-hydrogen) atoms. The Morgan fingerprint density at radius 1 is 1.54 bits per heavy atom. The lowest BCUT2D eigenvalue weighted by molar-refractivity contribution is -0.140. The van der Waals surface area contributed by atoms with Crippen LogP contribution < -0.4 is 0 Å². The summed E-state index contributed by atoms with van der Waals surface area (Å²) in [5.74, 6) is -2.70. The van der Waals surface area contributed by atoms with Crippen LogP contribution in [0.15, 0.2) is 0 Å². The minimum absolute atomic E-state index is 0.0727. The molecule has 1 fully saturated rings. The minimum atomic E-state index is -3.24. The second kappa shape index (κ2) is 3.45. The highest BCUT2D eigenvalue weighted by molar-refractivity contribution is 7.92. The summed E-state index contributed by atoms with van der Waals surface area (Å²) in [5, 5.41) is 8.41. The van der Waals surface area contributed by atoms with Crippen molar-refractivity contribution in [1.82, 2.24) is 0 Å². The summed E-state index contributed by atoms with van der Waals surface area (Å²) in [6.45, 7) is 0. The number of aliphatic carboxylic acids is 1. The van der Waals surface area contributed by atoms with Gasteiger partial charge in [0, 0.05) is 5.92 Å². The highest BCUT2D eigenvalue weighted by atomic mass is 32.2. The molecule has 1 atom stereocenters. The molecule has 0 aromatic carbocycles. The molecule has 0 spiro atoms. The van der Waals surface area contributed by atoms with E-state index in [1.54, 1.807) is 0 Å². The van der Waals surface area contributed by atoms with Crippen LogP contribution >= 0.6 is 0 Å². The van der Waals surface area contributed by atoms with Crippen LogP contribution in [0.5, 0.6) is 0 Å². The average molecular weight is 206 g/mol. The normalized spacial score (nSPS) is 27.1. The summed E-state index contributed by atoms with van der Waals surface area (Å²) in [4.78, 5) is 21.4. The van der Waals surface area contributed by atoms with E-state index in [4.69, 9.17) is 5.11 Å². The van der Waals surface area contributed by atoms with Gasteiger partial charge in [-0.2, -0.15) is 0 Å². The standard InChI is InChI=1S/C7H10O5S/c8-6-4-13(11,12)2-1-5(6)3-7(9)10/h5H,1-4H2,(H,9,10). The van der Waals surface area contributed by atoms with Crippen molar-refractivity contribution in [2.24, 2.45) is 5.92 Å². The van der Waals surface area contributed by atoms with Crippen LogP contribution in [-0.4, -0.2) is 36.8 Å². The molecule has 1 N–H and O–H groups in total. The lowest BCUT2D eigenvalue weighted by atomic mass is 9.98. The number of Topliss-reactive ketones (excluding diaryl/α,β-unsaturated/α-hetero) is 1. The Kier molecular flexibility index (Phi) is 2.70. The van der Waals surface area contributed by atoms with Gasteiger partial charge in [-0.05, 0) is 6.42 Å². The van der Waals surface area contributed by atoms with Gasteiger partial charge in [0.15, 0.2) is 15.6 Å². The van der Waals surface area contributed by atoms with Gasteiger partial charge in [-0.3, -0.25) is 9.59 Å². The molecule has 0 aliphatic carbocycles. The fourth-order valence-corrected chi connectivity index (χ4v) is 2.77. The molecule has 0 bridgehead atoms. The van der Waals surface area contributed by atoms with Crippen molar-refractivity contribution in [1.29, 1.82) is 0 Å². The third-order valence-electron chi connectivity index (χ3n) is 2.02. The number of carbonyl (C=O) groups is 2. The molecule has 1 aliphatic heterocycles. The second-order valence-electron chi connectivity index (χ2n) is 3.14. The first-order valence-corrected chi connectivity index (χ1v) is 5.68. The molecule has 1 aliphatic rings. The Balaban J connectivity index is 2.64. The van der Waals surface area contributed by atoms with Gasteiger partial charge in [-0.25, -0.2) is 8.42 Å². The van der Waals surface area contributed by atoms with E-state index < -0.39 is 33.3 Å². The van der Waals surface area contributed by atoms with Crippen molar-refractivity contribution < 1.29 is 23.1 Å². The molecule has 74 valence electrons. The van der Waals surface area contributed by atoms with Crippen LogP contribution in [0.25, 0.3) is 0 Å². The highest BCUT2D eigenvalue weighted by Crippen LogP contribution is 2.18. The zero-order valence-corrected chi connectivity index (χ0v) is 7.71. The van der Waals surface area contributed by atoms with Crippen LogP contribution in [0.2, 0.25) is 0 Å². The lowest BCUT2D eigenvalue weighted by Gasteiger charge is -2.18. The molecule has 0 amide bonds. The van der Waals surface area contributed by atoms with Crippen molar-refractivity contribution in [3.8, 4) is 0 Å². The number of carboxylic acids is 1. The van der Waals surface area contributed by atoms with Crippen molar-refractivity contribution in [3.63, 3.8) is 0 Å². The van der Waals surface area contributed by atoms with Crippen molar-refractivity contribution in [2.45, 2.75) is 12.8 Å². The van der Waals surface area contributed by atoms with E-state index in [0.717, 1.165) is 0 Å². The maximum absolute atomic E-state index is 11.1. The summed E-state index contributed by atoms with van der Waals surface area (Å²) in [6, 6.07) is 0. The molecule has 1 heterocycles. The third kappa shape index (κ3) is 2.80. The number of rotatable bonds is 2. The summed E-state index contributed by atoms with van der Waals surface area (Å²) < 4.78 is 21.8. The van der Waals surface area contributed by atoms with Gasteiger partial charge in [0.25, 0.3) is 0 Å². The molecule has 1 rings (SSSR count). The number of hydrogen-bond donors (Lipinski definition) is 1. The number of hydrogen-bond acceptors (Lipinski definition) is 4. The minimum Gasteiger partial charge on any atom is -0.481 e. The Bertz CT molecular complexity index is 329. The molecule has 0 aromatic heterocycles. The van der Waals surface area contributed by atoms with Crippen LogP contribution in [-0.2, 0) is 19.4 Å². The second-order valence-corrected chi connectivity index (χ2v) is 5.33. The molecule has 0 aromatic rings. The van der Waals surface area contributed by atoms with Crippen LogP contribution in [0.4, 0.5) is 0 Å². The fraction of sp³-hybridized carbons (Fsp3) is 0.714. The van der Waals surface area contributed by atoms with Crippen molar-refractivity contribution >= 4 is 21.6 Å². The van der Waals surface area contributed by atoms with Gasteiger partial charge in [0.05, 0.1) is 12.2 Å². The number of carbonyl (C=O) groups excluding carboxylic acids is 1. The van der Waals surface area contributed by atoms with Gasteiger partial charge >= 0.3 is 5.97 Å². The molecule has 1 saturated heterocycles. The number of carboxylic acid groups (broad SMARTS) is 1. The quantitative estimate of drug-likeness (QED) is 0.655. The predicted octanol–water partition coefficient (Wildman–Crippen LogP) is -0.535. The van der Waals surface area contributed by atoms with E-state index in [1.807, 2.05) is 0 Å². The topological polar surface area (TPSA) is 88.5 Å². The average Bonchev–Trinajstić information content (AvgIpc) is 1.93. The smallest absolute Gasteiger partial charge is 0.304 e. The first-order valence-electron chi connectivity index (χ1n) is 3.85. The van der Waals surface area contributed by atoms with E-state index in [9.17, 15) is 18.0 Å². The Labute approximate surface area is 75.7 Å². The molecule has 6 heteroatoms. The van der Waals surface area contributed by atoms with Crippen molar-refractivity contribution in [3.05, 3.63) is 0 Å². The number of ketones is 1. The summed E-state index contributed by atoms with van der Waals surface area (Å²) in [6.07, 6.45) is -0.109. The molecule has 0 saturated carbocycles. The molecule has 1 unspecified atom stereocenters. The monoisotopic (exact) mass is 206 g/mol. The first kappa shape index (κ1) is 10.2. The Hall–Kier alpha value is -0.910. The van der Waals surface area contributed by atoms with Gasteiger partial charge in [0.2, 0.25) is 0 Å². The van der Waals surface area contributed by atoms with Gasteiger partial charge < -0.3 is 5.11 Å². The van der Waals surface area contributed by atoms with E-state index in [-0.39, 0.29) is 18.6 Å². The van der Waals surface area contributed by atoms with E-state index in [2.05, 4.69) is 0 Å². The van der Waals surface area contributed by atoms with Crippen LogP contribution in [0.1, 0.15) is 12.8 Å². The fourth-order valence-electron chi connectivity index (χ4n) is 1.32. The Morgan fingerprint density at radius 3 is 2.62 bits per heavy atom. The first-order chi connectivity index (χ1) is 5.91. The summed E-state index contributed by atoms with van der Waals surface area (Å²) in [5.41, 5.74) is 0. The largest absolute Gasteiger partial charge is 0.481 e. The van der Waals surface area contributed by atoms with E-state index in [1.165, 1.54) is 0 Å². The summed E-state index contributed by atoms with van der Waals surface area (Å²) >= 11 is 0. The van der Waals surface area contributed by atoms with Gasteiger partial charge in [-0.1, -0.05) is 0 Å². The van der Waals surface area contributed by atoms with E-state index >= 15 is 0 Å². The molecule has 0 radical (unpaired) electrons. The maximum Gasteiger partial charge on any atom is 0.304 e. The van der Waals surface area contributed by atoms with Crippen LogP contribution in [0.3, 0.4) is 0 Å². The lowest BCUT2D eigenvalue weighted by Crippen LogP contribution is -2.34. The van der Waals surface area contributed by atoms with Gasteiger partial charge in [0.1, 0.15) is 5.75 Å². The predicted molar refractivity (Wildman–Crippen MR) is 44.0 cm³/mol. The van der Waals surface area contributed by atoms with Crippen molar-refractivity contribution in [2.75, 3.05) is 11.5 Å². The van der Waals surface area contributed by atoms with Gasteiger partial charge in [-0.15, -0.1) is 0 Å². The Morgan fingerprint density at radius 2 is 2.15 bits per heavy atom. The SMILES string of the molecule is O=C(O)CC1CCS(=O)(=O)CC1=O. The van der Waals surface area contributed by atoms with E-state index in [0.29, 0.717) is 0 Å². The maximum atomic E-state index is 11.1. The molecule has 5 nitrogen and oxygen atoms in total. The number of sulfone groups is 1. The summed E-state index contributed by atoms with van der Waals surface area (Å²) in [7, 11) is -3.24.